The van der Waals surface area contributed by atoms with Crippen molar-refractivity contribution < 1.29 is 19.0 Å². The molecule has 1 fully saturated rings. The number of amides is 1. The predicted octanol–water partition coefficient (Wildman–Crippen LogP) is 1.51. The van der Waals surface area contributed by atoms with Crippen LogP contribution < -0.4 is 14.4 Å². The lowest BCUT2D eigenvalue weighted by Crippen LogP contribution is -2.56. The summed E-state index contributed by atoms with van der Waals surface area (Å²) in [7, 11) is 5.49. The van der Waals surface area contributed by atoms with Gasteiger partial charge in [0.05, 0.1) is 13.3 Å². The number of carbonyl (C=O) groups is 1. The van der Waals surface area contributed by atoms with E-state index in [1.54, 1.807) is 15.9 Å². The SMILES string of the molecule is COC(=O)N1CCN(c2cnc(-n3cncn3)n2C)C(CCN(C)Cc2ccc3c(c2)OCO3)C1. The van der Waals surface area contributed by atoms with E-state index >= 15 is 0 Å². The second kappa shape index (κ2) is 9.82. The van der Waals surface area contributed by atoms with Crippen molar-refractivity contribution in [1.82, 2.24) is 34.1 Å². The lowest BCUT2D eigenvalue weighted by molar-refractivity contribution is 0.112. The first-order valence-corrected chi connectivity index (χ1v) is 11.6. The minimum Gasteiger partial charge on any atom is -0.454 e. The molecule has 0 N–H and O–H groups in total. The van der Waals surface area contributed by atoms with Crippen LogP contribution in [0.5, 0.6) is 11.5 Å². The average Bonchev–Trinajstić information content (AvgIpc) is 3.63. The van der Waals surface area contributed by atoms with E-state index < -0.39 is 0 Å². The molecule has 12 heteroatoms. The number of imidazole rings is 1. The summed E-state index contributed by atoms with van der Waals surface area (Å²) in [5.74, 6) is 3.25. The van der Waals surface area contributed by atoms with E-state index in [0.29, 0.717) is 25.6 Å². The molecule has 12 nitrogen and oxygen atoms in total. The van der Waals surface area contributed by atoms with Crippen molar-refractivity contribution in [3.63, 3.8) is 0 Å². The van der Waals surface area contributed by atoms with Gasteiger partial charge in [-0.15, -0.1) is 0 Å². The summed E-state index contributed by atoms with van der Waals surface area (Å²) in [5, 5.41) is 4.20. The molecule has 5 rings (SSSR count). The van der Waals surface area contributed by atoms with Crippen LogP contribution in [0.4, 0.5) is 10.6 Å². The fourth-order valence-electron chi connectivity index (χ4n) is 4.68. The molecular weight excluding hydrogens is 452 g/mol. The normalized spacial score (nSPS) is 17.3. The van der Waals surface area contributed by atoms with Gasteiger partial charge >= 0.3 is 6.09 Å². The third-order valence-corrected chi connectivity index (χ3v) is 6.51. The fraction of sp³-hybridized carbons (Fsp3) is 0.478. The van der Waals surface area contributed by atoms with Gasteiger partial charge in [-0.25, -0.2) is 14.8 Å². The quantitative estimate of drug-likeness (QED) is 0.496. The van der Waals surface area contributed by atoms with Gasteiger partial charge in [0.25, 0.3) is 0 Å². The van der Waals surface area contributed by atoms with Gasteiger partial charge in [0.2, 0.25) is 12.7 Å². The summed E-state index contributed by atoms with van der Waals surface area (Å²) >= 11 is 0. The number of hydrogen-bond donors (Lipinski definition) is 0. The Balaban J connectivity index is 1.29. The van der Waals surface area contributed by atoms with Crippen molar-refractivity contribution in [1.29, 1.82) is 0 Å². The Morgan fingerprint density at radius 1 is 1.26 bits per heavy atom. The van der Waals surface area contributed by atoms with E-state index in [2.05, 4.69) is 38.0 Å². The topological polar surface area (TPSA) is 103 Å². The molecule has 1 atom stereocenters. The summed E-state index contributed by atoms with van der Waals surface area (Å²) < 4.78 is 19.6. The number of methoxy groups -OCH3 is 1. The van der Waals surface area contributed by atoms with E-state index in [-0.39, 0.29) is 18.9 Å². The smallest absolute Gasteiger partial charge is 0.409 e. The zero-order chi connectivity index (χ0) is 24.4. The highest BCUT2D eigenvalue weighted by Crippen LogP contribution is 2.33. The number of aromatic nitrogens is 5. The average molecular weight is 483 g/mol. The Labute approximate surface area is 203 Å². The zero-order valence-electron chi connectivity index (χ0n) is 20.2. The molecule has 2 aliphatic heterocycles. The van der Waals surface area contributed by atoms with Crippen LogP contribution >= 0.6 is 0 Å². The number of ether oxygens (including phenoxy) is 3. The van der Waals surface area contributed by atoms with E-state index in [0.717, 1.165) is 42.4 Å². The largest absolute Gasteiger partial charge is 0.454 e. The number of fused-ring (bicyclic) bond motifs is 1. The minimum atomic E-state index is -0.295. The molecule has 1 saturated heterocycles. The Kier molecular flexibility index (Phi) is 6.45. The van der Waals surface area contributed by atoms with Crippen molar-refractivity contribution in [2.75, 3.05) is 52.0 Å². The number of benzene rings is 1. The fourth-order valence-corrected chi connectivity index (χ4v) is 4.68. The van der Waals surface area contributed by atoms with Crippen molar-refractivity contribution in [2.24, 2.45) is 7.05 Å². The Morgan fingerprint density at radius 3 is 2.91 bits per heavy atom. The molecule has 0 aliphatic carbocycles. The van der Waals surface area contributed by atoms with Crippen molar-refractivity contribution in [3.05, 3.63) is 42.6 Å². The summed E-state index contributed by atoms with van der Waals surface area (Å²) in [6.07, 6.45) is 5.54. The number of hydrogen-bond acceptors (Lipinski definition) is 9. The molecule has 2 aromatic heterocycles. The van der Waals surface area contributed by atoms with Gasteiger partial charge in [0.15, 0.2) is 11.5 Å². The highest BCUT2D eigenvalue weighted by atomic mass is 16.7. The Bertz CT molecular complexity index is 1160. The number of carbonyl (C=O) groups excluding carboxylic acids is 1. The van der Waals surface area contributed by atoms with Gasteiger partial charge in [0.1, 0.15) is 18.5 Å². The number of nitrogens with zero attached hydrogens (tertiary/aromatic N) is 8. The molecule has 35 heavy (non-hydrogen) atoms. The van der Waals surface area contributed by atoms with Crippen LogP contribution in [0.2, 0.25) is 0 Å². The maximum Gasteiger partial charge on any atom is 0.409 e. The van der Waals surface area contributed by atoms with Crippen LogP contribution in [0.3, 0.4) is 0 Å². The molecule has 1 amide bonds. The molecule has 1 aromatic carbocycles. The number of piperazine rings is 1. The third-order valence-electron chi connectivity index (χ3n) is 6.51. The zero-order valence-corrected chi connectivity index (χ0v) is 20.2. The molecule has 2 aliphatic rings. The van der Waals surface area contributed by atoms with E-state index in [9.17, 15) is 4.79 Å². The van der Waals surface area contributed by atoms with E-state index in [4.69, 9.17) is 14.2 Å². The second-order valence-electron chi connectivity index (χ2n) is 8.79. The van der Waals surface area contributed by atoms with Crippen LogP contribution in [-0.2, 0) is 18.3 Å². The molecule has 0 spiro atoms. The standard InChI is InChI=1S/C23H30N8O4/c1-27(12-17-4-5-19-20(10-17)35-16-34-19)7-6-18-13-29(23(32)33-3)8-9-30(18)21-11-25-22(28(21)2)31-15-24-14-26-31/h4-5,10-11,14-15,18H,6-9,12-13,16H2,1-3H3. The van der Waals surface area contributed by atoms with E-state index in [1.807, 2.05) is 29.9 Å². The van der Waals surface area contributed by atoms with Gasteiger partial charge in [0, 0.05) is 45.8 Å². The summed E-state index contributed by atoms with van der Waals surface area (Å²) in [6.45, 7) is 3.75. The molecular formula is C23H30N8O4. The van der Waals surface area contributed by atoms with Crippen LogP contribution in [0.25, 0.3) is 5.95 Å². The van der Waals surface area contributed by atoms with Gasteiger partial charge < -0.3 is 28.9 Å². The molecule has 0 radical (unpaired) electrons. The van der Waals surface area contributed by atoms with Gasteiger partial charge in [-0.3, -0.25) is 4.57 Å². The van der Waals surface area contributed by atoms with Crippen LogP contribution in [-0.4, -0.2) is 93.4 Å². The monoisotopic (exact) mass is 482 g/mol. The highest BCUT2D eigenvalue weighted by molar-refractivity contribution is 5.68. The van der Waals surface area contributed by atoms with Crippen LogP contribution in [0, 0.1) is 0 Å². The van der Waals surface area contributed by atoms with Gasteiger partial charge in [-0.05, 0) is 31.2 Å². The van der Waals surface area contributed by atoms with E-state index in [1.165, 1.54) is 13.4 Å². The van der Waals surface area contributed by atoms with Gasteiger partial charge in [-0.1, -0.05) is 6.07 Å². The summed E-state index contributed by atoms with van der Waals surface area (Å²) in [4.78, 5) is 27.2. The van der Waals surface area contributed by atoms with Crippen molar-refractivity contribution in [2.45, 2.75) is 19.0 Å². The first-order chi connectivity index (χ1) is 17.0. The first-order valence-electron chi connectivity index (χ1n) is 11.6. The molecule has 1 unspecified atom stereocenters. The maximum atomic E-state index is 12.3. The van der Waals surface area contributed by atoms with Gasteiger partial charge in [-0.2, -0.15) is 9.78 Å². The molecule has 0 saturated carbocycles. The van der Waals surface area contributed by atoms with Crippen molar-refractivity contribution >= 4 is 11.9 Å². The summed E-state index contributed by atoms with van der Waals surface area (Å²) in [5.41, 5.74) is 1.16. The highest BCUT2D eigenvalue weighted by Gasteiger charge is 2.32. The minimum absolute atomic E-state index is 0.0982. The maximum absolute atomic E-state index is 12.3. The molecule has 186 valence electrons. The second-order valence-corrected chi connectivity index (χ2v) is 8.79. The van der Waals surface area contributed by atoms with Crippen molar-refractivity contribution in [3.8, 4) is 17.4 Å². The number of anilines is 1. The molecule has 0 bridgehead atoms. The summed E-state index contributed by atoms with van der Waals surface area (Å²) in [6, 6.07) is 6.15. The first kappa shape index (κ1) is 23.0. The Hall–Kier alpha value is -3.80. The lowest BCUT2D eigenvalue weighted by atomic mass is 10.1. The molecule has 4 heterocycles. The molecule has 3 aromatic rings. The van der Waals surface area contributed by atoms with Crippen LogP contribution in [0.1, 0.15) is 12.0 Å². The lowest BCUT2D eigenvalue weighted by Gasteiger charge is -2.42. The van der Waals surface area contributed by atoms with Crippen LogP contribution in [0.15, 0.2) is 37.1 Å². The third kappa shape index (κ3) is 4.74. The Morgan fingerprint density at radius 2 is 2.11 bits per heavy atom. The predicted molar refractivity (Wildman–Crippen MR) is 127 cm³/mol. The number of rotatable bonds is 7.